The van der Waals surface area contributed by atoms with E-state index in [0.29, 0.717) is 28.4 Å². The molecule has 0 aliphatic heterocycles. The van der Waals surface area contributed by atoms with E-state index in [9.17, 15) is 19.5 Å². The summed E-state index contributed by atoms with van der Waals surface area (Å²) in [6.45, 7) is 1.79. The van der Waals surface area contributed by atoms with E-state index in [1.54, 1.807) is 26.2 Å². The lowest BCUT2D eigenvalue weighted by atomic mass is 10.1. The third-order valence-corrected chi connectivity index (χ3v) is 5.79. The van der Waals surface area contributed by atoms with Crippen molar-refractivity contribution in [2.75, 3.05) is 7.11 Å². The first kappa shape index (κ1) is 20.5. The predicted molar refractivity (Wildman–Crippen MR) is 108 cm³/mol. The van der Waals surface area contributed by atoms with E-state index in [0.717, 1.165) is 16.9 Å². The highest BCUT2D eigenvalue weighted by atomic mass is 32.1. The maximum atomic E-state index is 13.1. The Morgan fingerprint density at radius 1 is 1.21 bits per heavy atom. The van der Waals surface area contributed by atoms with Crippen LogP contribution in [0.3, 0.4) is 0 Å². The third kappa shape index (κ3) is 4.29. The number of hydrogen-bond acceptors (Lipinski definition) is 6. The average molecular weight is 416 g/mol. The summed E-state index contributed by atoms with van der Waals surface area (Å²) in [6.07, 6.45) is 0.546. The Labute approximate surface area is 170 Å². The molecule has 0 aliphatic rings. The molecule has 3 aromatic rings. The van der Waals surface area contributed by atoms with Crippen molar-refractivity contribution in [2.24, 2.45) is 0 Å². The molecule has 2 N–H and O–H groups in total. The summed E-state index contributed by atoms with van der Waals surface area (Å²) in [6, 6.07) is 7.33. The van der Waals surface area contributed by atoms with Crippen molar-refractivity contribution in [2.45, 2.75) is 32.7 Å². The van der Waals surface area contributed by atoms with Gasteiger partial charge in [0.15, 0.2) is 0 Å². The molecular formula is C20H20N2O6S. The molecule has 0 fully saturated rings. The number of carbonyl (C=O) groups is 2. The van der Waals surface area contributed by atoms with Gasteiger partial charge in [0, 0.05) is 19.4 Å². The molecule has 0 aliphatic carbocycles. The van der Waals surface area contributed by atoms with E-state index < -0.39 is 11.9 Å². The Morgan fingerprint density at radius 2 is 1.90 bits per heavy atom. The summed E-state index contributed by atoms with van der Waals surface area (Å²) >= 11 is 0.976. The Hall–Kier alpha value is -3.20. The highest BCUT2D eigenvalue weighted by Gasteiger charge is 2.21. The van der Waals surface area contributed by atoms with Crippen LogP contribution in [0.4, 0.5) is 0 Å². The van der Waals surface area contributed by atoms with Crippen LogP contribution in [-0.4, -0.2) is 38.8 Å². The molecular weight excluding hydrogens is 396 g/mol. The minimum atomic E-state index is -1.10. The predicted octanol–water partition coefficient (Wildman–Crippen LogP) is 2.93. The fourth-order valence-electron chi connectivity index (χ4n) is 3.14. The van der Waals surface area contributed by atoms with E-state index in [4.69, 9.17) is 9.84 Å². The van der Waals surface area contributed by atoms with E-state index in [1.807, 2.05) is 12.1 Å². The van der Waals surface area contributed by atoms with Gasteiger partial charge in [0.2, 0.25) is 0 Å². The number of benzene rings is 1. The number of aromatic nitrogens is 2. The van der Waals surface area contributed by atoms with Gasteiger partial charge in [-0.15, -0.1) is 11.3 Å². The van der Waals surface area contributed by atoms with Gasteiger partial charge in [0.05, 0.1) is 12.5 Å². The van der Waals surface area contributed by atoms with E-state index in [-0.39, 0.29) is 35.2 Å². The van der Waals surface area contributed by atoms with E-state index >= 15 is 0 Å². The summed E-state index contributed by atoms with van der Waals surface area (Å²) in [5.74, 6) is -0.866. The van der Waals surface area contributed by atoms with Gasteiger partial charge in [-0.05, 0) is 36.6 Å². The number of rotatable bonds is 8. The smallest absolute Gasteiger partial charge is 0.346 e. The lowest BCUT2D eigenvalue weighted by Crippen LogP contribution is -2.26. The van der Waals surface area contributed by atoms with Gasteiger partial charge in [0.25, 0.3) is 5.56 Å². The molecule has 0 unspecified atom stereocenters. The van der Waals surface area contributed by atoms with Crippen molar-refractivity contribution in [3.05, 3.63) is 56.4 Å². The quantitative estimate of drug-likeness (QED) is 0.579. The summed E-state index contributed by atoms with van der Waals surface area (Å²) in [7, 11) is 1.57. The highest BCUT2D eigenvalue weighted by molar-refractivity contribution is 7.20. The van der Waals surface area contributed by atoms with Gasteiger partial charge < -0.3 is 14.9 Å². The van der Waals surface area contributed by atoms with Crippen LogP contribution in [-0.2, 0) is 17.8 Å². The zero-order valence-corrected chi connectivity index (χ0v) is 16.8. The molecule has 0 amide bonds. The third-order valence-electron chi connectivity index (χ3n) is 4.62. The summed E-state index contributed by atoms with van der Waals surface area (Å²) in [5, 5.41) is 18.6. The number of aliphatic carboxylic acids is 1. The number of carboxylic acid groups (broad SMARTS) is 2. The molecule has 0 saturated heterocycles. The Morgan fingerprint density at radius 3 is 2.48 bits per heavy atom. The number of ether oxygens (including phenoxy) is 1. The number of aromatic carboxylic acids is 1. The van der Waals surface area contributed by atoms with Crippen LogP contribution in [0.1, 0.15) is 39.5 Å². The second-order valence-electron chi connectivity index (χ2n) is 6.55. The van der Waals surface area contributed by atoms with Crippen LogP contribution in [0.25, 0.3) is 10.2 Å². The van der Waals surface area contributed by atoms with Crippen LogP contribution in [0, 0.1) is 6.92 Å². The van der Waals surface area contributed by atoms with Gasteiger partial charge >= 0.3 is 11.9 Å². The fraction of sp³-hybridized carbons (Fsp3) is 0.300. The van der Waals surface area contributed by atoms with Gasteiger partial charge in [-0.1, -0.05) is 12.1 Å². The van der Waals surface area contributed by atoms with Gasteiger partial charge in [0.1, 0.15) is 21.3 Å². The number of hydrogen-bond donors (Lipinski definition) is 2. The van der Waals surface area contributed by atoms with Crippen molar-refractivity contribution in [1.29, 1.82) is 0 Å². The summed E-state index contributed by atoms with van der Waals surface area (Å²) in [4.78, 5) is 40.5. The number of nitrogens with zero attached hydrogens (tertiary/aromatic N) is 2. The highest BCUT2D eigenvalue weighted by Crippen LogP contribution is 2.28. The van der Waals surface area contributed by atoms with Crippen LogP contribution < -0.4 is 10.3 Å². The topological polar surface area (TPSA) is 119 Å². The molecule has 0 radical (unpaired) electrons. The maximum Gasteiger partial charge on any atom is 0.346 e. The van der Waals surface area contributed by atoms with Gasteiger partial charge in [-0.3, -0.25) is 14.2 Å². The molecule has 0 saturated carbocycles. The fourth-order valence-corrected chi connectivity index (χ4v) is 4.17. The van der Waals surface area contributed by atoms with E-state index in [1.165, 1.54) is 4.57 Å². The molecule has 3 rings (SSSR count). The summed E-state index contributed by atoms with van der Waals surface area (Å²) in [5.41, 5.74) is 0.943. The molecule has 2 aromatic heterocycles. The number of carboxylic acids is 2. The zero-order chi connectivity index (χ0) is 21.1. The van der Waals surface area contributed by atoms with Crippen LogP contribution in [0.15, 0.2) is 29.1 Å². The maximum absolute atomic E-state index is 13.1. The van der Waals surface area contributed by atoms with Crippen molar-refractivity contribution in [3.8, 4) is 5.75 Å². The largest absolute Gasteiger partial charge is 0.497 e. The molecule has 29 heavy (non-hydrogen) atoms. The SMILES string of the molecule is COc1ccc(Cc2nc3sc(C(=O)O)c(C)c3c(=O)n2CCCC(=O)O)cc1. The number of fused-ring (bicyclic) bond motifs is 1. The van der Waals surface area contributed by atoms with Crippen LogP contribution in [0.5, 0.6) is 5.75 Å². The van der Waals surface area contributed by atoms with E-state index in [2.05, 4.69) is 4.98 Å². The summed E-state index contributed by atoms with van der Waals surface area (Å²) < 4.78 is 6.61. The van der Waals surface area contributed by atoms with Crippen molar-refractivity contribution < 1.29 is 24.5 Å². The van der Waals surface area contributed by atoms with Crippen molar-refractivity contribution in [1.82, 2.24) is 9.55 Å². The molecule has 0 spiro atoms. The van der Waals surface area contributed by atoms with Crippen LogP contribution >= 0.6 is 11.3 Å². The zero-order valence-electron chi connectivity index (χ0n) is 16.0. The monoisotopic (exact) mass is 416 g/mol. The number of methoxy groups -OCH3 is 1. The molecule has 0 bridgehead atoms. The first-order chi connectivity index (χ1) is 13.8. The molecule has 9 heteroatoms. The van der Waals surface area contributed by atoms with Crippen molar-refractivity contribution in [3.63, 3.8) is 0 Å². The Bertz CT molecular complexity index is 1130. The Kier molecular flexibility index (Phi) is 5.97. The molecule has 2 heterocycles. The minimum absolute atomic E-state index is 0.0740. The molecule has 0 atom stereocenters. The first-order valence-corrected chi connectivity index (χ1v) is 9.74. The standard InChI is InChI=1S/C20H20N2O6S/c1-11-16-18(29-17(11)20(26)27)21-14(10-12-5-7-13(28-2)8-6-12)22(19(16)25)9-3-4-15(23)24/h5-8H,3-4,9-10H2,1-2H3,(H,23,24)(H,26,27). The van der Waals surface area contributed by atoms with Gasteiger partial charge in [-0.25, -0.2) is 9.78 Å². The van der Waals surface area contributed by atoms with Crippen molar-refractivity contribution >= 4 is 33.5 Å². The normalized spacial score (nSPS) is 11.0. The number of aryl methyl sites for hydroxylation is 1. The van der Waals surface area contributed by atoms with Crippen LogP contribution in [0.2, 0.25) is 0 Å². The van der Waals surface area contributed by atoms with Gasteiger partial charge in [-0.2, -0.15) is 0 Å². The second kappa shape index (κ2) is 8.44. The Balaban J connectivity index is 2.10. The molecule has 8 nitrogen and oxygen atoms in total. The average Bonchev–Trinajstić information content (AvgIpc) is 3.01. The minimum Gasteiger partial charge on any atom is -0.497 e. The lowest BCUT2D eigenvalue weighted by molar-refractivity contribution is -0.137. The first-order valence-electron chi connectivity index (χ1n) is 8.92. The lowest BCUT2D eigenvalue weighted by Gasteiger charge is -2.13. The number of thiophene rings is 1. The second-order valence-corrected chi connectivity index (χ2v) is 7.55. The molecule has 1 aromatic carbocycles. The molecule has 152 valence electrons.